The summed E-state index contributed by atoms with van der Waals surface area (Å²) in [4.78, 5) is 11.4. The van der Waals surface area contributed by atoms with Crippen molar-refractivity contribution in [2.75, 3.05) is 0 Å². The fourth-order valence-corrected chi connectivity index (χ4v) is 1.95. The molecule has 1 unspecified atom stereocenters. The van der Waals surface area contributed by atoms with E-state index in [4.69, 9.17) is 0 Å². The first-order valence-electron chi connectivity index (χ1n) is 4.27. The van der Waals surface area contributed by atoms with Crippen LogP contribution in [0, 0.1) is 0 Å². The van der Waals surface area contributed by atoms with Crippen molar-refractivity contribution in [3.05, 3.63) is 39.9 Å². The van der Waals surface area contributed by atoms with Crippen LogP contribution in [-0.2, 0) is 10.4 Å². The van der Waals surface area contributed by atoms with Gasteiger partial charge in [0.1, 0.15) is 5.60 Å². The summed E-state index contributed by atoms with van der Waals surface area (Å²) in [6.45, 7) is 1.52. The SMILES string of the molecule is CC1(O)C(=O)C=Cc2cc(Br)ccc21. The number of benzene rings is 1. The maximum absolute atomic E-state index is 11.4. The van der Waals surface area contributed by atoms with E-state index in [1.807, 2.05) is 12.1 Å². The predicted octanol–water partition coefficient (Wildman–Crippen LogP) is 2.25. The van der Waals surface area contributed by atoms with Crippen molar-refractivity contribution in [3.63, 3.8) is 0 Å². The van der Waals surface area contributed by atoms with E-state index in [9.17, 15) is 9.90 Å². The molecule has 1 aliphatic rings. The standard InChI is InChI=1S/C11H9BrO2/c1-11(14)9-4-3-8(12)6-7(9)2-5-10(11)13/h2-6,14H,1H3. The van der Waals surface area contributed by atoms with Crippen LogP contribution in [0.3, 0.4) is 0 Å². The Bertz CT molecular complexity index is 433. The molecule has 0 saturated heterocycles. The zero-order valence-corrected chi connectivity index (χ0v) is 9.21. The van der Waals surface area contributed by atoms with Gasteiger partial charge in [0.15, 0.2) is 5.78 Å². The van der Waals surface area contributed by atoms with Crippen molar-refractivity contribution in [1.82, 2.24) is 0 Å². The maximum atomic E-state index is 11.4. The lowest BCUT2D eigenvalue weighted by Gasteiger charge is -2.26. The van der Waals surface area contributed by atoms with Gasteiger partial charge in [0.25, 0.3) is 0 Å². The molecule has 2 nitrogen and oxygen atoms in total. The highest BCUT2D eigenvalue weighted by Gasteiger charge is 2.34. The third-order valence-corrected chi connectivity index (χ3v) is 2.93. The first-order chi connectivity index (χ1) is 6.51. The van der Waals surface area contributed by atoms with Crippen molar-refractivity contribution in [1.29, 1.82) is 0 Å². The van der Waals surface area contributed by atoms with Crippen LogP contribution in [-0.4, -0.2) is 10.9 Å². The van der Waals surface area contributed by atoms with Gasteiger partial charge in [-0.15, -0.1) is 0 Å². The summed E-state index contributed by atoms with van der Waals surface area (Å²) < 4.78 is 0.936. The summed E-state index contributed by atoms with van der Waals surface area (Å²) >= 11 is 3.34. The molecular formula is C11H9BrO2. The summed E-state index contributed by atoms with van der Waals surface area (Å²) in [5.41, 5.74) is 0.155. The molecule has 0 amide bonds. The zero-order valence-electron chi connectivity index (χ0n) is 7.62. The van der Waals surface area contributed by atoms with Crippen LogP contribution in [0.25, 0.3) is 6.08 Å². The number of ketones is 1. The normalized spacial score (nSPS) is 24.9. The summed E-state index contributed by atoms with van der Waals surface area (Å²) in [7, 11) is 0. The van der Waals surface area contributed by atoms with Gasteiger partial charge in [0, 0.05) is 4.47 Å². The van der Waals surface area contributed by atoms with Crippen LogP contribution >= 0.6 is 15.9 Å². The van der Waals surface area contributed by atoms with E-state index in [1.165, 1.54) is 13.0 Å². The molecular weight excluding hydrogens is 244 g/mol. The minimum atomic E-state index is -1.38. The molecule has 72 valence electrons. The summed E-state index contributed by atoms with van der Waals surface area (Å²) in [5, 5.41) is 9.97. The monoisotopic (exact) mass is 252 g/mol. The Balaban J connectivity index is 2.67. The van der Waals surface area contributed by atoms with Crippen molar-refractivity contribution in [3.8, 4) is 0 Å². The Morgan fingerprint density at radius 3 is 2.79 bits per heavy atom. The van der Waals surface area contributed by atoms with Crippen LogP contribution in [0.1, 0.15) is 18.1 Å². The predicted molar refractivity (Wildman–Crippen MR) is 57.8 cm³/mol. The molecule has 1 aromatic rings. The van der Waals surface area contributed by atoms with Crippen LogP contribution in [0.15, 0.2) is 28.7 Å². The highest BCUT2D eigenvalue weighted by molar-refractivity contribution is 9.10. The number of hydrogen-bond acceptors (Lipinski definition) is 2. The van der Waals surface area contributed by atoms with Gasteiger partial charge >= 0.3 is 0 Å². The van der Waals surface area contributed by atoms with Crippen LogP contribution in [0.5, 0.6) is 0 Å². The summed E-state index contributed by atoms with van der Waals surface area (Å²) in [6.07, 6.45) is 3.13. The molecule has 1 aromatic carbocycles. The highest BCUT2D eigenvalue weighted by Crippen LogP contribution is 2.32. The molecule has 2 rings (SSSR count). The van der Waals surface area contributed by atoms with E-state index < -0.39 is 5.60 Å². The number of fused-ring (bicyclic) bond motifs is 1. The van der Waals surface area contributed by atoms with Gasteiger partial charge in [-0.25, -0.2) is 0 Å². The number of halogens is 1. The Morgan fingerprint density at radius 2 is 2.07 bits per heavy atom. The van der Waals surface area contributed by atoms with E-state index >= 15 is 0 Å². The smallest absolute Gasteiger partial charge is 0.191 e. The first-order valence-corrected chi connectivity index (χ1v) is 5.06. The van der Waals surface area contributed by atoms with Gasteiger partial charge in [-0.1, -0.05) is 28.1 Å². The third-order valence-electron chi connectivity index (χ3n) is 2.43. The number of rotatable bonds is 0. The van der Waals surface area contributed by atoms with Crippen LogP contribution in [0.2, 0.25) is 0 Å². The molecule has 0 fully saturated rings. The van der Waals surface area contributed by atoms with Gasteiger partial charge in [0.2, 0.25) is 0 Å². The molecule has 3 heteroatoms. The summed E-state index contributed by atoms with van der Waals surface area (Å²) in [6, 6.07) is 5.47. The van der Waals surface area contributed by atoms with E-state index in [2.05, 4.69) is 15.9 Å². The Labute approximate surface area is 90.4 Å². The second kappa shape index (κ2) is 3.04. The van der Waals surface area contributed by atoms with Crippen molar-refractivity contribution >= 4 is 27.8 Å². The summed E-state index contributed by atoms with van der Waals surface area (Å²) in [5.74, 6) is -0.271. The molecule has 0 aromatic heterocycles. The average molecular weight is 253 g/mol. The Kier molecular flexibility index (Phi) is 2.09. The lowest BCUT2D eigenvalue weighted by Crippen LogP contribution is -2.33. The van der Waals surface area contributed by atoms with E-state index in [0.29, 0.717) is 5.56 Å². The molecule has 0 aliphatic heterocycles. The van der Waals surface area contributed by atoms with Gasteiger partial charge in [-0.3, -0.25) is 4.79 Å². The highest BCUT2D eigenvalue weighted by atomic mass is 79.9. The van der Waals surface area contributed by atoms with Crippen molar-refractivity contribution in [2.24, 2.45) is 0 Å². The topological polar surface area (TPSA) is 37.3 Å². The number of carbonyl (C=O) groups excluding carboxylic acids is 1. The fraction of sp³-hybridized carbons (Fsp3) is 0.182. The number of carbonyl (C=O) groups is 1. The number of aliphatic hydroxyl groups is 1. The largest absolute Gasteiger partial charge is 0.377 e. The molecule has 1 aliphatic carbocycles. The lowest BCUT2D eigenvalue weighted by atomic mass is 9.84. The lowest BCUT2D eigenvalue weighted by molar-refractivity contribution is -0.131. The second-order valence-corrected chi connectivity index (χ2v) is 4.42. The van der Waals surface area contributed by atoms with Crippen molar-refractivity contribution < 1.29 is 9.90 Å². The van der Waals surface area contributed by atoms with Gasteiger partial charge < -0.3 is 5.11 Å². The second-order valence-electron chi connectivity index (χ2n) is 3.50. The van der Waals surface area contributed by atoms with E-state index in [-0.39, 0.29) is 5.78 Å². The van der Waals surface area contributed by atoms with Crippen LogP contribution < -0.4 is 0 Å². The van der Waals surface area contributed by atoms with Crippen LogP contribution in [0.4, 0.5) is 0 Å². The molecule has 1 N–H and O–H groups in total. The molecule has 0 saturated carbocycles. The minimum Gasteiger partial charge on any atom is -0.377 e. The number of hydrogen-bond donors (Lipinski definition) is 1. The molecule has 0 bridgehead atoms. The van der Waals surface area contributed by atoms with Gasteiger partial charge in [-0.05, 0) is 36.3 Å². The first kappa shape index (κ1) is 9.62. The zero-order chi connectivity index (χ0) is 10.3. The third kappa shape index (κ3) is 1.33. The Hall–Kier alpha value is -0.930. The molecule has 0 heterocycles. The van der Waals surface area contributed by atoms with Gasteiger partial charge in [-0.2, -0.15) is 0 Å². The van der Waals surface area contributed by atoms with E-state index in [0.717, 1.165) is 10.0 Å². The molecule has 14 heavy (non-hydrogen) atoms. The molecule has 0 spiro atoms. The molecule has 0 radical (unpaired) electrons. The van der Waals surface area contributed by atoms with Crippen molar-refractivity contribution in [2.45, 2.75) is 12.5 Å². The average Bonchev–Trinajstić information content (AvgIpc) is 2.12. The van der Waals surface area contributed by atoms with E-state index in [1.54, 1.807) is 12.1 Å². The quantitative estimate of drug-likeness (QED) is 0.769. The molecule has 1 atom stereocenters. The van der Waals surface area contributed by atoms with Gasteiger partial charge in [0.05, 0.1) is 0 Å². The minimum absolute atomic E-state index is 0.271. The Morgan fingerprint density at radius 1 is 1.36 bits per heavy atom. The fourth-order valence-electron chi connectivity index (χ4n) is 1.58. The maximum Gasteiger partial charge on any atom is 0.191 e.